The van der Waals surface area contributed by atoms with E-state index in [0.717, 1.165) is 16.9 Å². The summed E-state index contributed by atoms with van der Waals surface area (Å²) in [5, 5.41) is 0. The van der Waals surface area contributed by atoms with Crippen LogP contribution in [0.15, 0.2) is 53.4 Å². The number of benzene rings is 2. The lowest BCUT2D eigenvalue weighted by atomic mass is 10.2. The number of sulfonamides is 1. The first-order valence-electron chi connectivity index (χ1n) is 9.64. The number of methoxy groups -OCH3 is 1. The van der Waals surface area contributed by atoms with Crippen LogP contribution in [-0.4, -0.2) is 67.9 Å². The molecule has 2 amide bonds. The van der Waals surface area contributed by atoms with Crippen LogP contribution in [-0.2, 0) is 16.6 Å². The molecule has 2 heterocycles. The summed E-state index contributed by atoms with van der Waals surface area (Å²) in [6.07, 6.45) is 0. The highest BCUT2D eigenvalue weighted by molar-refractivity contribution is 7.89. The lowest BCUT2D eigenvalue weighted by Gasteiger charge is -2.35. The Morgan fingerprint density at radius 1 is 1.00 bits per heavy atom. The summed E-state index contributed by atoms with van der Waals surface area (Å²) in [6.45, 7) is 3.99. The topological polar surface area (TPSA) is 70.2 Å². The van der Waals surface area contributed by atoms with Crippen molar-refractivity contribution < 1.29 is 17.9 Å². The van der Waals surface area contributed by atoms with Gasteiger partial charge in [-0.1, -0.05) is 29.8 Å². The quantitative estimate of drug-likeness (QED) is 0.752. The van der Waals surface area contributed by atoms with Crippen molar-refractivity contribution in [1.29, 1.82) is 0 Å². The van der Waals surface area contributed by atoms with E-state index in [0.29, 0.717) is 37.6 Å². The zero-order valence-corrected chi connectivity index (χ0v) is 17.4. The zero-order chi connectivity index (χ0) is 20.6. The third kappa shape index (κ3) is 3.82. The Bertz CT molecular complexity index is 990. The Morgan fingerprint density at radius 2 is 1.69 bits per heavy atom. The van der Waals surface area contributed by atoms with E-state index in [9.17, 15) is 13.2 Å². The van der Waals surface area contributed by atoms with Crippen molar-refractivity contribution in [2.24, 2.45) is 0 Å². The van der Waals surface area contributed by atoms with Crippen molar-refractivity contribution in [1.82, 2.24) is 14.1 Å². The Kier molecular flexibility index (Phi) is 5.23. The second kappa shape index (κ2) is 7.68. The van der Waals surface area contributed by atoms with E-state index in [1.807, 2.05) is 31.2 Å². The van der Waals surface area contributed by atoms with Gasteiger partial charge in [-0.25, -0.2) is 13.2 Å². The van der Waals surface area contributed by atoms with Crippen LogP contribution in [0, 0.1) is 6.92 Å². The monoisotopic (exact) mass is 415 g/mol. The standard InChI is InChI=1S/C21H25N3O4S/c1-16-3-9-20(10-4-16)29(26,27)23-11-12-24-18(15-23)14-22(21(24)25)13-17-5-7-19(28-2)8-6-17/h3-10,18H,11-15H2,1-2H3. The fourth-order valence-corrected chi connectivity index (χ4v) is 5.38. The van der Waals surface area contributed by atoms with Crippen LogP contribution < -0.4 is 4.74 Å². The smallest absolute Gasteiger partial charge is 0.320 e. The van der Waals surface area contributed by atoms with Crippen LogP contribution in [0.1, 0.15) is 11.1 Å². The number of carbonyl (C=O) groups excluding carboxylic acids is 1. The maximum Gasteiger partial charge on any atom is 0.320 e. The number of rotatable bonds is 5. The molecule has 0 aliphatic carbocycles. The van der Waals surface area contributed by atoms with Gasteiger partial charge in [-0.2, -0.15) is 4.31 Å². The fourth-order valence-electron chi connectivity index (χ4n) is 3.91. The fraction of sp³-hybridized carbons (Fsp3) is 0.381. The molecule has 1 unspecified atom stereocenters. The summed E-state index contributed by atoms with van der Waals surface area (Å²) in [5.41, 5.74) is 2.03. The van der Waals surface area contributed by atoms with Gasteiger partial charge in [0.2, 0.25) is 10.0 Å². The second-order valence-corrected chi connectivity index (χ2v) is 9.47. The zero-order valence-electron chi connectivity index (χ0n) is 16.6. The Hall–Kier alpha value is -2.58. The molecule has 0 spiro atoms. The first-order chi connectivity index (χ1) is 13.9. The van der Waals surface area contributed by atoms with Gasteiger partial charge in [0.15, 0.2) is 0 Å². The molecule has 2 aromatic rings. The highest BCUT2D eigenvalue weighted by atomic mass is 32.2. The number of hydrogen-bond donors (Lipinski definition) is 0. The van der Waals surface area contributed by atoms with E-state index in [2.05, 4.69) is 0 Å². The van der Waals surface area contributed by atoms with Crippen LogP contribution >= 0.6 is 0 Å². The molecular formula is C21H25N3O4S. The number of hydrogen-bond acceptors (Lipinski definition) is 4. The van der Waals surface area contributed by atoms with E-state index in [4.69, 9.17) is 4.74 Å². The summed E-state index contributed by atoms with van der Waals surface area (Å²) in [5.74, 6) is 0.774. The molecule has 1 atom stereocenters. The molecule has 29 heavy (non-hydrogen) atoms. The molecule has 2 aliphatic heterocycles. The normalized spacial score (nSPS) is 20.1. The lowest BCUT2D eigenvalue weighted by molar-refractivity contribution is 0.159. The Morgan fingerprint density at radius 3 is 2.34 bits per heavy atom. The number of aryl methyl sites for hydroxylation is 1. The van der Waals surface area contributed by atoms with E-state index in [1.54, 1.807) is 41.2 Å². The summed E-state index contributed by atoms with van der Waals surface area (Å²) in [6, 6.07) is 14.4. The Labute approximate surface area is 171 Å². The third-order valence-electron chi connectivity index (χ3n) is 5.58. The van der Waals surface area contributed by atoms with E-state index in [-0.39, 0.29) is 12.1 Å². The number of piperazine rings is 1. The van der Waals surface area contributed by atoms with Crippen molar-refractivity contribution in [3.63, 3.8) is 0 Å². The van der Waals surface area contributed by atoms with E-state index in [1.165, 1.54) is 4.31 Å². The van der Waals surface area contributed by atoms with Gasteiger partial charge in [0.05, 0.1) is 18.0 Å². The maximum atomic E-state index is 13.0. The van der Waals surface area contributed by atoms with Crippen LogP contribution in [0.2, 0.25) is 0 Å². The van der Waals surface area contributed by atoms with E-state index >= 15 is 0 Å². The number of nitrogens with zero attached hydrogens (tertiary/aromatic N) is 3. The predicted molar refractivity (Wildman–Crippen MR) is 109 cm³/mol. The minimum absolute atomic E-state index is 0.0294. The first kappa shape index (κ1) is 19.7. The van der Waals surface area contributed by atoms with Crippen molar-refractivity contribution in [3.8, 4) is 5.75 Å². The molecule has 0 radical (unpaired) electrons. The first-order valence-corrected chi connectivity index (χ1v) is 11.1. The molecule has 4 rings (SSSR count). The average Bonchev–Trinajstić information content (AvgIpc) is 3.04. The molecule has 7 nitrogen and oxygen atoms in total. The molecule has 2 fully saturated rings. The number of carbonyl (C=O) groups is 1. The molecule has 154 valence electrons. The number of fused-ring (bicyclic) bond motifs is 1. The highest BCUT2D eigenvalue weighted by Crippen LogP contribution is 2.26. The van der Waals surface area contributed by atoms with Crippen LogP contribution in [0.5, 0.6) is 5.75 Å². The molecule has 0 bridgehead atoms. The minimum atomic E-state index is -3.56. The van der Waals surface area contributed by atoms with Gasteiger partial charge >= 0.3 is 6.03 Å². The summed E-state index contributed by atoms with van der Waals surface area (Å²) in [4.78, 5) is 16.7. The number of amides is 2. The number of ether oxygens (including phenoxy) is 1. The molecule has 2 aliphatic rings. The van der Waals surface area contributed by atoms with Gasteiger partial charge in [-0.3, -0.25) is 0 Å². The molecule has 2 aromatic carbocycles. The van der Waals surface area contributed by atoms with Gasteiger partial charge in [-0.05, 0) is 36.8 Å². The van der Waals surface area contributed by atoms with Gasteiger partial charge in [0, 0.05) is 32.7 Å². The highest BCUT2D eigenvalue weighted by Gasteiger charge is 2.43. The van der Waals surface area contributed by atoms with Crippen molar-refractivity contribution in [2.75, 3.05) is 33.3 Å². The summed E-state index contributed by atoms with van der Waals surface area (Å²) < 4.78 is 32.7. The summed E-state index contributed by atoms with van der Waals surface area (Å²) in [7, 11) is -1.94. The van der Waals surface area contributed by atoms with E-state index < -0.39 is 10.0 Å². The molecular weight excluding hydrogens is 390 g/mol. The van der Waals surface area contributed by atoms with Gasteiger partial charge < -0.3 is 14.5 Å². The van der Waals surface area contributed by atoms with Crippen molar-refractivity contribution in [2.45, 2.75) is 24.4 Å². The molecule has 0 aromatic heterocycles. The molecule has 0 saturated carbocycles. The largest absolute Gasteiger partial charge is 0.497 e. The molecule has 8 heteroatoms. The lowest BCUT2D eigenvalue weighted by Crippen LogP contribution is -2.53. The van der Waals surface area contributed by atoms with Crippen molar-refractivity contribution >= 4 is 16.1 Å². The second-order valence-electron chi connectivity index (χ2n) is 7.53. The SMILES string of the molecule is COc1ccc(CN2CC3CN(S(=O)(=O)c4ccc(C)cc4)CCN3C2=O)cc1. The van der Waals surface area contributed by atoms with Gasteiger partial charge in [-0.15, -0.1) is 0 Å². The average molecular weight is 416 g/mol. The molecule has 2 saturated heterocycles. The summed E-state index contributed by atoms with van der Waals surface area (Å²) >= 11 is 0. The Balaban J connectivity index is 1.45. The van der Waals surface area contributed by atoms with Crippen LogP contribution in [0.25, 0.3) is 0 Å². The maximum absolute atomic E-state index is 13.0. The van der Waals surface area contributed by atoms with Gasteiger partial charge in [0.1, 0.15) is 5.75 Å². The van der Waals surface area contributed by atoms with Crippen LogP contribution in [0.3, 0.4) is 0 Å². The van der Waals surface area contributed by atoms with Gasteiger partial charge in [0.25, 0.3) is 0 Å². The predicted octanol–water partition coefficient (Wildman–Crippen LogP) is 2.31. The third-order valence-corrected chi connectivity index (χ3v) is 7.46. The number of urea groups is 1. The van der Waals surface area contributed by atoms with Crippen molar-refractivity contribution in [3.05, 3.63) is 59.7 Å². The van der Waals surface area contributed by atoms with Crippen LogP contribution in [0.4, 0.5) is 4.79 Å². The minimum Gasteiger partial charge on any atom is -0.497 e. The molecule has 0 N–H and O–H groups in total.